The molecule has 0 aliphatic rings. The highest BCUT2D eigenvalue weighted by atomic mass is 19.1. The number of methoxy groups -OCH3 is 2. The summed E-state index contributed by atoms with van der Waals surface area (Å²) < 4.78 is 23.8. The van der Waals surface area contributed by atoms with Gasteiger partial charge in [0.25, 0.3) is 0 Å². The van der Waals surface area contributed by atoms with Crippen molar-refractivity contribution in [2.75, 3.05) is 27.8 Å². The third kappa shape index (κ3) is 3.39. The van der Waals surface area contributed by atoms with E-state index in [-0.39, 0.29) is 12.1 Å². The first-order valence-electron chi connectivity index (χ1n) is 5.32. The zero-order valence-electron chi connectivity index (χ0n) is 10.3. The number of aliphatic hydroxyl groups is 1. The van der Waals surface area contributed by atoms with E-state index < -0.39 is 11.9 Å². The van der Waals surface area contributed by atoms with Gasteiger partial charge in [-0.15, -0.1) is 0 Å². The summed E-state index contributed by atoms with van der Waals surface area (Å²) in [5.74, 6) is -0.0609. The van der Waals surface area contributed by atoms with Gasteiger partial charge in [0.1, 0.15) is 11.6 Å². The van der Waals surface area contributed by atoms with Crippen LogP contribution in [0.1, 0.15) is 17.2 Å². The highest BCUT2D eigenvalue weighted by molar-refractivity contribution is 5.39. The molecular weight excluding hydrogens is 225 g/mol. The zero-order valence-corrected chi connectivity index (χ0v) is 10.3. The Bertz CT molecular complexity index is 371. The molecular formula is C12H18FNO3. The molecule has 5 heteroatoms. The summed E-state index contributed by atoms with van der Waals surface area (Å²) in [7, 11) is 4.71. The molecule has 0 saturated carbocycles. The van der Waals surface area contributed by atoms with Crippen molar-refractivity contribution in [2.45, 2.75) is 12.7 Å². The highest BCUT2D eigenvalue weighted by Gasteiger charge is 2.16. The molecule has 0 saturated heterocycles. The zero-order chi connectivity index (χ0) is 12.8. The van der Waals surface area contributed by atoms with Crippen molar-refractivity contribution in [3.05, 3.63) is 29.1 Å². The number of hydrogen-bond acceptors (Lipinski definition) is 4. The summed E-state index contributed by atoms with van der Waals surface area (Å²) in [4.78, 5) is 0. The largest absolute Gasteiger partial charge is 0.496 e. The van der Waals surface area contributed by atoms with Crippen LogP contribution in [0.3, 0.4) is 0 Å². The monoisotopic (exact) mass is 243 g/mol. The molecule has 96 valence electrons. The second-order valence-corrected chi connectivity index (χ2v) is 3.69. The number of benzene rings is 1. The molecule has 1 aromatic rings. The van der Waals surface area contributed by atoms with Gasteiger partial charge < -0.3 is 19.9 Å². The Morgan fingerprint density at radius 1 is 1.41 bits per heavy atom. The third-order valence-electron chi connectivity index (χ3n) is 2.46. The molecule has 4 nitrogen and oxygen atoms in total. The number of nitrogens with one attached hydrogen (secondary N) is 1. The van der Waals surface area contributed by atoms with Crippen molar-refractivity contribution in [3.63, 3.8) is 0 Å². The van der Waals surface area contributed by atoms with E-state index in [1.807, 2.05) is 0 Å². The Hall–Kier alpha value is -1.17. The molecule has 0 aromatic heterocycles. The Morgan fingerprint density at radius 3 is 2.65 bits per heavy atom. The molecule has 0 aliphatic heterocycles. The molecule has 17 heavy (non-hydrogen) atoms. The van der Waals surface area contributed by atoms with Crippen molar-refractivity contribution >= 4 is 0 Å². The van der Waals surface area contributed by atoms with E-state index in [2.05, 4.69) is 5.32 Å². The SMILES string of the molecule is CNCC(O)c1cc(COC)c(OC)cc1F. The second kappa shape index (κ2) is 6.54. The predicted molar refractivity (Wildman–Crippen MR) is 62.6 cm³/mol. The average Bonchev–Trinajstić information content (AvgIpc) is 2.31. The average molecular weight is 243 g/mol. The molecule has 1 rings (SSSR count). The molecule has 1 atom stereocenters. The highest BCUT2D eigenvalue weighted by Crippen LogP contribution is 2.27. The van der Waals surface area contributed by atoms with Crippen LogP contribution < -0.4 is 10.1 Å². The van der Waals surface area contributed by atoms with Crippen molar-refractivity contribution in [3.8, 4) is 5.75 Å². The van der Waals surface area contributed by atoms with Crippen molar-refractivity contribution < 1.29 is 19.0 Å². The number of rotatable bonds is 6. The van der Waals surface area contributed by atoms with E-state index in [4.69, 9.17) is 9.47 Å². The van der Waals surface area contributed by atoms with Gasteiger partial charge in [-0.05, 0) is 13.1 Å². The fourth-order valence-corrected chi connectivity index (χ4v) is 1.64. The van der Waals surface area contributed by atoms with Crippen LogP contribution in [-0.4, -0.2) is 32.9 Å². The van der Waals surface area contributed by atoms with E-state index in [9.17, 15) is 9.50 Å². The predicted octanol–water partition coefficient (Wildman–Crippen LogP) is 1.23. The van der Waals surface area contributed by atoms with E-state index >= 15 is 0 Å². The number of likely N-dealkylation sites (N-methyl/N-ethyl adjacent to an activating group) is 1. The maximum Gasteiger partial charge on any atom is 0.132 e. The minimum atomic E-state index is -0.887. The molecule has 0 aliphatic carbocycles. The topological polar surface area (TPSA) is 50.7 Å². The first-order chi connectivity index (χ1) is 8.13. The Kier molecular flexibility index (Phi) is 5.34. The Labute approximate surface area is 100 Å². The van der Waals surface area contributed by atoms with Gasteiger partial charge >= 0.3 is 0 Å². The summed E-state index contributed by atoms with van der Waals surface area (Å²) >= 11 is 0. The molecule has 1 aromatic carbocycles. The van der Waals surface area contributed by atoms with E-state index in [0.717, 1.165) is 0 Å². The van der Waals surface area contributed by atoms with Gasteiger partial charge in [0.05, 0.1) is 19.8 Å². The van der Waals surface area contributed by atoms with Crippen LogP contribution in [0.15, 0.2) is 12.1 Å². The van der Waals surface area contributed by atoms with Gasteiger partial charge in [-0.25, -0.2) is 4.39 Å². The second-order valence-electron chi connectivity index (χ2n) is 3.69. The Balaban J connectivity index is 3.09. The summed E-state index contributed by atoms with van der Waals surface area (Å²) in [6, 6.07) is 2.84. The van der Waals surface area contributed by atoms with Crippen LogP contribution in [0, 0.1) is 5.82 Å². The minimum Gasteiger partial charge on any atom is -0.496 e. The lowest BCUT2D eigenvalue weighted by Gasteiger charge is -2.15. The quantitative estimate of drug-likeness (QED) is 0.789. The van der Waals surface area contributed by atoms with Gasteiger partial charge in [-0.3, -0.25) is 0 Å². The van der Waals surface area contributed by atoms with Gasteiger partial charge in [0, 0.05) is 30.8 Å². The molecule has 0 spiro atoms. The molecule has 1 unspecified atom stereocenters. The smallest absolute Gasteiger partial charge is 0.132 e. The molecule has 0 bridgehead atoms. The van der Waals surface area contributed by atoms with Gasteiger partial charge in [-0.1, -0.05) is 0 Å². The number of hydrogen-bond donors (Lipinski definition) is 2. The van der Waals surface area contributed by atoms with Gasteiger partial charge in [0.2, 0.25) is 0 Å². The summed E-state index contributed by atoms with van der Waals surface area (Å²) in [6.07, 6.45) is -0.887. The molecule has 0 radical (unpaired) electrons. The van der Waals surface area contributed by atoms with Crippen molar-refractivity contribution in [1.82, 2.24) is 5.32 Å². The van der Waals surface area contributed by atoms with E-state index in [1.54, 1.807) is 20.2 Å². The number of aliphatic hydroxyl groups excluding tert-OH is 1. The summed E-state index contributed by atoms with van der Waals surface area (Å²) in [5, 5.41) is 12.6. The lowest BCUT2D eigenvalue weighted by molar-refractivity contribution is 0.169. The molecule has 0 heterocycles. The van der Waals surface area contributed by atoms with Crippen LogP contribution in [-0.2, 0) is 11.3 Å². The van der Waals surface area contributed by atoms with Crippen LogP contribution in [0.5, 0.6) is 5.75 Å². The third-order valence-corrected chi connectivity index (χ3v) is 2.46. The minimum absolute atomic E-state index is 0.243. The number of ether oxygens (including phenoxy) is 2. The fraction of sp³-hybridized carbons (Fsp3) is 0.500. The van der Waals surface area contributed by atoms with Crippen LogP contribution >= 0.6 is 0 Å². The maximum atomic E-state index is 13.7. The van der Waals surface area contributed by atoms with Gasteiger partial charge in [0.15, 0.2) is 0 Å². The van der Waals surface area contributed by atoms with Crippen molar-refractivity contribution in [1.29, 1.82) is 0 Å². The first kappa shape index (κ1) is 13.9. The van der Waals surface area contributed by atoms with Crippen LogP contribution in [0.4, 0.5) is 4.39 Å². The Morgan fingerprint density at radius 2 is 2.12 bits per heavy atom. The standard InChI is InChI=1S/C12H18FNO3/c1-14-6-11(15)9-4-8(7-16-2)12(17-3)5-10(9)13/h4-5,11,14-15H,6-7H2,1-3H3. The lowest BCUT2D eigenvalue weighted by atomic mass is 10.0. The normalized spacial score (nSPS) is 12.5. The molecule has 0 fully saturated rings. The fourth-order valence-electron chi connectivity index (χ4n) is 1.64. The van der Waals surface area contributed by atoms with E-state index in [0.29, 0.717) is 17.9 Å². The van der Waals surface area contributed by atoms with Crippen molar-refractivity contribution in [2.24, 2.45) is 0 Å². The number of halogens is 1. The lowest BCUT2D eigenvalue weighted by Crippen LogP contribution is -2.18. The van der Waals surface area contributed by atoms with Gasteiger partial charge in [-0.2, -0.15) is 0 Å². The van der Waals surface area contributed by atoms with Crippen LogP contribution in [0.2, 0.25) is 0 Å². The first-order valence-corrected chi connectivity index (χ1v) is 5.32. The maximum absolute atomic E-state index is 13.7. The van der Waals surface area contributed by atoms with Crippen LogP contribution in [0.25, 0.3) is 0 Å². The van der Waals surface area contributed by atoms with E-state index in [1.165, 1.54) is 13.2 Å². The summed E-state index contributed by atoms with van der Waals surface area (Å²) in [6.45, 7) is 0.596. The molecule has 0 amide bonds. The summed E-state index contributed by atoms with van der Waals surface area (Å²) in [5.41, 5.74) is 0.953. The molecule has 2 N–H and O–H groups in total.